The molecule has 1 heterocycles. The fraction of sp³-hybridized carbons (Fsp3) is 0.179. The molecule has 36 heavy (non-hydrogen) atoms. The molecule has 184 valence electrons. The fourth-order valence-corrected chi connectivity index (χ4v) is 3.94. The van der Waals surface area contributed by atoms with Crippen molar-refractivity contribution in [2.45, 2.75) is 19.4 Å². The molecule has 8 heteroatoms. The highest BCUT2D eigenvalue weighted by molar-refractivity contribution is 5.95. The number of aryl methyl sites for hydroxylation is 1. The van der Waals surface area contributed by atoms with Crippen LogP contribution in [-0.2, 0) is 16.0 Å². The average Bonchev–Trinajstić information content (AvgIpc) is 2.88. The summed E-state index contributed by atoms with van der Waals surface area (Å²) in [6, 6.07) is 20.1. The van der Waals surface area contributed by atoms with E-state index in [1.165, 1.54) is 6.07 Å². The molecule has 3 aromatic carbocycles. The zero-order valence-electron chi connectivity index (χ0n) is 19.8. The zero-order valence-corrected chi connectivity index (χ0v) is 19.8. The Labute approximate surface area is 207 Å². The van der Waals surface area contributed by atoms with Crippen molar-refractivity contribution < 1.29 is 28.6 Å². The molecule has 0 saturated carbocycles. The molecule has 0 radical (unpaired) electrons. The van der Waals surface area contributed by atoms with E-state index < -0.39 is 30.2 Å². The van der Waals surface area contributed by atoms with Gasteiger partial charge in [-0.3, -0.25) is 4.79 Å². The van der Waals surface area contributed by atoms with E-state index in [1.807, 2.05) is 18.2 Å². The second-order valence-corrected chi connectivity index (χ2v) is 8.21. The zero-order chi connectivity index (χ0) is 25.7. The quantitative estimate of drug-likeness (QED) is 0.343. The van der Waals surface area contributed by atoms with E-state index in [0.717, 1.165) is 11.1 Å². The first-order valence-corrected chi connectivity index (χ1v) is 11.3. The Morgan fingerprint density at radius 1 is 1.03 bits per heavy atom. The number of methoxy groups -OCH3 is 1. The van der Waals surface area contributed by atoms with Crippen LogP contribution in [0.4, 0.5) is 0 Å². The third-order valence-corrected chi connectivity index (χ3v) is 5.79. The molecule has 1 amide bonds. The number of fused-ring (bicyclic) bond motifs is 1. The Morgan fingerprint density at radius 3 is 2.42 bits per heavy atom. The van der Waals surface area contributed by atoms with Gasteiger partial charge < -0.3 is 24.3 Å². The van der Waals surface area contributed by atoms with Crippen LogP contribution in [0.2, 0.25) is 0 Å². The molecule has 8 nitrogen and oxygen atoms in total. The van der Waals surface area contributed by atoms with Crippen LogP contribution in [-0.4, -0.2) is 36.7 Å². The van der Waals surface area contributed by atoms with Crippen LogP contribution in [0.1, 0.15) is 11.1 Å². The lowest BCUT2D eigenvalue weighted by molar-refractivity contribution is -0.142. The van der Waals surface area contributed by atoms with Gasteiger partial charge in [0.05, 0.1) is 7.11 Å². The molecule has 0 aliphatic carbocycles. The second-order valence-electron chi connectivity index (χ2n) is 8.21. The lowest BCUT2D eigenvalue weighted by Crippen LogP contribution is -2.44. The minimum Gasteiger partial charge on any atom is -0.497 e. The van der Waals surface area contributed by atoms with Gasteiger partial charge in [0, 0.05) is 23.4 Å². The Bertz CT molecular complexity index is 1440. The fourth-order valence-electron chi connectivity index (χ4n) is 3.94. The number of hydrogen-bond acceptors (Lipinski definition) is 6. The minimum atomic E-state index is -1.14. The number of hydrogen-bond donors (Lipinski definition) is 2. The number of ether oxygens (including phenoxy) is 2. The Kier molecular flexibility index (Phi) is 7.34. The van der Waals surface area contributed by atoms with Crippen LogP contribution in [0.5, 0.6) is 11.5 Å². The van der Waals surface area contributed by atoms with E-state index in [4.69, 9.17) is 13.9 Å². The summed E-state index contributed by atoms with van der Waals surface area (Å²) >= 11 is 0. The molecule has 2 N–H and O–H groups in total. The van der Waals surface area contributed by atoms with Gasteiger partial charge in [-0.25, -0.2) is 9.59 Å². The Hall–Kier alpha value is -4.59. The van der Waals surface area contributed by atoms with E-state index in [9.17, 15) is 19.5 Å². The summed E-state index contributed by atoms with van der Waals surface area (Å²) in [6.07, 6.45) is 0.149. The number of carboxylic acids is 1. The topological polar surface area (TPSA) is 115 Å². The summed E-state index contributed by atoms with van der Waals surface area (Å²) in [7, 11) is 1.58. The van der Waals surface area contributed by atoms with Crippen molar-refractivity contribution in [2.24, 2.45) is 0 Å². The molecule has 4 aromatic rings. The SMILES string of the molecule is COc1ccc(-c2cc(=O)oc3c(C)c(OCC(=O)N[C@@H](Cc4ccccc4)C(=O)O)ccc23)cc1. The highest BCUT2D eigenvalue weighted by Gasteiger charge is 2.21. The van der Waals surface area contributed by atoms with Gasteiger partial charge in [0.1, 0.15) is 23.1 Å². The van der Waals surface area contributed by atoms with Gasteiger partial charge in [0.25, 0.3) is 5.91 Å². The molecule has 0 aliphatic heterocycles. The van der Waals surface area contributed by atoms with Gasteiger partial charge >= 0.3 is 11.6 Å². The maximum absolute atomic E-state index is 12.5. The third-order valence-electron chi connectivity index (χ3n) is 5.79. The summed E-state index contributed by atoms with van der Waals surface area (Å²) in [5, 5.41) is 12.7. The highest BCUT2D eigenvalue weighted by atomic mass is 16.5. The monoisotopic (exact) mass is 487 g/mol. The van der Waals surface area contributed by atoms with Gasteiger partial charge in [-0.1, -0.05) is 42.5 Å². The van der Waals surface area contributed by atoms with Gasteiger partial charge in [-0.2, -0.15) is 0 Å². The molecule has 0 bridgehead atoms. The Balaban J connectivity index is 1.52. The summed E-state index contributed by atoms with van der Waals surface area (Å²) in [4.78, 5) is 36.4. The summed E-state index contributed by atoms with van der Waals surface area (Å²) in [5.74, 6) is -0.666. The maximum Gasteiger partial charge on any atom is 0.336 e. The third kappa shape index (κ3) is 5.55. The number of carbonyl (C=O) groups excluding carboxylic acids is 1. The van der Waals surface area contributed by atoms with E-state index in [0.29, 0.717) is 33.6 Å². The molecule has 0 unspecified atom stereocenters. The van der Waals surface area contributed by atoms with Crippen LogP contribution >= 0.6 is 0 Å². The van der Waals surface area contributed by atoms with Gasteiger partial charge in [-0.15, -0.1) is 0 Å². The Morgan fingerprint density at radius 2 is 1.75 bits per heavy atom. The second kappa shape index (κ2) is 10.8. The predicted molar refractivity (Wildman–Crippen MR) is 134 cm³/mol. The van der Waals surface area contributed by atoms with Gasteiger partial charge in [-0.05, 0) is 47.9 Å². The van der Waals surface area contributed by atoms with Crippen molar-refractivity contribution in [1.29, 1.82) is 0 Å². The molecule has 0 saturated heterocycles. The van der Waals surface area contributed by atoms with Crippen LogP contribution < -0.4 is 20.4 Å². The van der Waals surface area contributed by atoms with Crippen molar-refractivity contribution in [2.75, 3.05) is 13.7 Å². The molecule has 1 atom stereocenters. The highest BCUT2D eigenvalue weighted by Crippen LogP contribution is 2.33. The lowest BCUT2D eigenvalue weighted by atomic mass is 10.00. The largest absolute Gasteiger partial charge is 0.497 e. The molecular weight excluding hydrogens is 462 g/mol. The number of carboxylic acid groups (broad SMARTS) is 1. The molecule has 0 spiro atoms. The molecular formula is C28H25NO7. The van der Waals surface area contributed by atoms with E-state index >= 15 is 0 Å². The standard InChI is InChI=1S/C28H25NO7/c1-17-24(35-16-25(30)29-23(28(32)33)14-18-6-4-3-5-7-18)13-12-21-22(15-26(31)36-27(17)21)19-8-10-20(34-2)11-9-19/h3-13,15,23H,14,16H2,1-2H3,(H,29,30)(H,32,33)/t23-/m0/s1. The minimum absolute atomic E-state index is 0.149. The van der Waals surface area contributed by atoms with Crippen molar-refractivity contribution in [3.63, 3.8) is 0 Å². The predicted octanol–water partition coefficient (Wildman–Crippen LogP) is 3.97. The first-order valence-electron chi connectivity index (χ1n) is 11.3. The van der Waals surface area contributed by atoms with Crippen molar-refractivity contribution in [3.05, 3.63) is 94.3 Å². The normalized spacial score (nSPS) is 11.6. The number of amides is 1. The van der Waals surface area contributed by atoms with E-state index in [2.05, 4.69) is 5.32 Å². The first kappa shape index (κ1) is 24.5. The molecule has 4 rings (SSSR count). The molecule has 0 fully saturated rings. The number of benzene rings is 3. The van der Waals surface area contributed by atoms with Crippen LogP contribution in [0, 0.1) is 6.92 Å². The van der Waals surface area contributed by atoms with E-state index in [-0.39, 0.29) is 6.42 Å². The molecule has 1 aromatic heterocycles. The van der Waals surface area contributed by atoms with Gasteiger partial charge in [0.15, 0.2) is 6.61 Å². The van der Waals surface area contributed by atoms with Crippen molar-refractivity contribution in [3.8, 4) is 22.6 Å². The van der Waals surface area contributed by atoms with Gasteiger partial charge in [0.2, 0.25) is 0 Å². The number of rotatable bonds is 9. The van der Waals surface area contributed by atoms with Crippen molar-refractivity contribution >= 4 is 22.8 Å². The lowest BCUT2D eigenvalue weighted by Gasteiger charge is -2.16. The van der Waals surface area contributed by atoms with Crippen molar-refractivity contribution in [1.82, 2.24) is 5.32 Å². The van der Waals surface area contributed by atoms with E-state index in [1.54, 1.807) is 62.6 Å². The maximum atomic E-state index is 12.5. The average molecular weight is 488 g/mol. The summed E-state index contributed by atoms with van der Waals surface area (Å²) < 4.78 is 16.3. The number of nitrogens with one attached hydrogen (secondary N) is 1. The van der Waals surface area contributed by atoms with Crippen LogP contribution in [0.15, 0.2) is 82.0 Å². The summed E-state index contributed by atoms with van der Waals surface area (Å²) in [5.41, 5.74) is 2.68. The number of aliphatic carboxylic acids is 1. The summed E-state index contributed by atoms with van der Waals surface area (Å²) in [6.45, 7) is 1.33. The molecule has 0 aliphatic rings. The smallest absolute Gasteiger partial charge is 0.336 e. The van der Waals surface area contributed by atoms with Crippen LogP contribution in [0.3, 0.4) is 0 Å². The first-order chi connectivity index (χ1) is 17.4. The van der Waals surface area contributed by atoms with Crippen LogP contribution in [0.25, 0.3) is 22.1 Å². The number of carbonyl (C=O) groups is 2.